The van der Waals surface area contributed by atoms with Gasteiger partial charge in [0.15, 0.2) is 0 Å². The molecule has 5 nitrogen and oxygen atoms in total. The Morgan fingerprint density at radius 1 is 1.15 bits per heavy atom. The van der Waals surface area contributed by atoms with E-state index in [1.54, 1.807) is 51.0 Å². The van der Waals surface area contributed by atoms with Crippen molar-refractivity contribution in [3.05, 3.63) is 64.9 Å². The maximum Gasteiger partial charge on any atom is 0.425 e. The van der Waals surface area contributed by atoms with E-state index in [0.29, 0.717) is 35.3 Å². The summed E-state index contributed by atoms with van der Waals surface area (Å²) in [6, 6.07) is 9.36. The molecular weight excluding hydrogens is 433 g/mol. The summed E-state index contributed by atoms with van der Waals surface area (Å²) in [4.78, 5) is 12.0. The topological polar surface area (TPSA) is 61.8 Å². The molecule has 2 aromatic rings. The summed E-state index contributed by atoms with van der Waals surface area (Å²) >= 11 is 0. The first-order valence-electron chi connectivity index (χ1n) is 10.8. The molecule has 33 heavy (non-hydrogen) atoms. The fraction of sp³-hybridized carbons (Fsp3) is 0.400. The molecule has 0 saturated carbocycles. The Bertz CT molecular complexity index is 1130. The van der Waals surface area contributed by atoms with E-state index in [9.17, 15) is 23.1 Å². The number of nitrogens with zero attached hydrogens (tertiary/aromatic N) is 1. The summed E-state index contributed by atoms with van der Waals surface area (Å²) in [6.07, 6.45) is -2.91. The fourth-order valence-electron chi connectivity index (χ4n) is 4.46. The number of ether oxygens (including phenoxy) is 1. The van der Waals surface area contributed by atoms with Crippen molar-refractivity contribution in [2.24, 2.45) is 0 Å². The van der Waals surface area contributed by atoms with Gasteiger partial charge in [-0.25, -0.2) is 5.43 Å². The second kappa shape index (κ2) is 7.88. The van der Waals surface area contributed by atoms with E-state index < -0.39 is 17.4 Å². The average Bonchev–Trinajstić information content (AvgIpc) is 3.27. The number of hydrazine groups is 1. The smallest absolute Gasteiger partial charge is 0.425 e. The summed E-state index contributed by atoms with van der Waals surface area (Å²) in [5, 5.41) is 12.7. The number of hydrogen-bond donors (Lipinski definition) is 2. The van der Waals surface area contributed by atoms with Gasteiger partial charge in [-0.3, -0.25) is 4.79 Å². The number of aliphatic hydroxyl groups is 1. The van der Waals surface area contributed by atoms with Gasteiger partial charge in [-0.15, -0.1) is 0 Å². The molecule has 1 heterocycles. The number of esters is 1. The number of halogens is 3. The Morgan fingerprint density at radius 2 is 1.85 bits per heavy atom. The Labute approximate surface area is 190 Å². The van der Waals surface area contributed by atoms with Crippen molar-refractivity contribution in [3.8, 4) is 11.1 Å². The molecule has 1 aliphatic heterocycles. The molecule has 176 valence electrons. The molecule has 2 aliphatic rings. The van der Waals surface area contributed by atoms with Gasteiger partial charge in [0.25, 0.3) is 0 Å². The van der Waals surface area contributed by atoms with Crippen molar-refractivity contribution in [1.29, 1.82) is 0 Å². The Morgan fingerprint density at radius 3 is 2.52 bits per heavy atom. The van der Waals surface area contributed by atoms with Gasteiger partial charge < -0.3 is 14.9 Å². The predicted octanol–water partition coefficient (Wildman–Crippen LogP) is 4.67. The predicted molar refractivity (Wildman–Crippen MR) is 119 cm³/mol. The monoisotopic (exact) mass is 460 g/mol. The molecule has 4 rings (SSSR count). The highest BCUT2D eigenvalue weighted by Gasteiger charge is 2.61. The quantitative estimate of drug-likeness (QED) is 0.650. The van der Waals surface area contributed by atoms with Crippen molar-refractivity contribution >= 4 is 11.5 Å². The van der Waals surface area contributed by atoms with Crippen LogP contribution in [-0.2, 0) is 15.1 Å². The highest BCUT2D eigenvalue weighted by molar-refractivity contribution is 5.91. The van der Waals surface area contributed by atoms with Crippen LogP contribution in [0.4, 0.5) is 13.2 Å². The standard InChI is InChI=1S/C25H27F3N2O3/c1-15-11-18(16-13-29-30(14-16)10-9-21(31)33-23(2,3)4)22-17-7-5-6-8-19(17)24(32,20(22)12-15)25(26,27)28/h5-8,11-12,14,29,32H,9-10,13H2,1-4H3. The average molecular weight is 460 g/mol. The highest BCUT2D eigenvalue weighted by atomic mass is 19.4. The van der Waals surface area contributed by atoms with Crippen LogP contribution in [0.3, 0.4) is 0 Å². The first-order chi connectivity index (χ1) is 15.3. The van der Waals surface area contributed by atoms with Gasteiger partial charge in [-0.1, -0.05) is 42.0 Å². The van der Waals surface area contributed by atoms with Crippen LogP contribution in [0.2, 0.25) is 0 Å². The largest absolute Gasteiger partial charge is 0.460 e. The molecule has 1 aliphatic carbocycles. The molecule has 1 unspecified atom stereocenters. The van der Waals surface area contributed by atoms with Crippen LogP contribution in [0, 0.1) is 6.92 Å². The number of rotatable bonds is 4. The minimum absolute atomic E-state index is 0.153. The summed E-state index contributed by atoms with van der Waals surface area (Å²) in [5.74, 6) is -0.327. The van der Waals surface area contributed by atoms with Crippen molar-refractivity contribution in [3.63, 3.8) is 0 Å². The Kier molecular flexibility index (Phi) is 5.57. The minimum Gasteiger partial charge on any atom is -0.460 e. The van der Waals surface area contributed by atoms with Gasteiger partial charge in [0.2, 0.25) is 5.60 Å². The maximum absolute atomic E-state index is 14.2. The van der Waals surface area contributed by atoms with E-state index >= 15 is 0 Å². The van der Waals surface area contributed by atoms with Gasteiger partial charge in [-0.2, -0.15) is 13.2 Å². The van der Waals surface area contributed by atoms with Crippen LogP contribution in [0.15, 0.2) is 42.6 Å². The van der Waals surface area contributed by atoms with E-state index in [1.807, 2.05) is 6.07 Å². The molecule has 2 aromatic carbocycles. The number of fused-ring (bicyclic) bond motifs is 3. The van der Waals surface area contributed by atoms with Crippen LogP contribution in [-0.4, -0.2) is 41.0 Å². The maximum atomic E-state index is 14.2. The zero-order valence-corrected chi connectivity index (χ0v) is 19.0. The Balaban J connectivity index is 1.70. The van der Waals surface area contributed by atoms with Crippen molar-refractivity contribution in [2.75, 3.05) is 13.1 Å². The summed E-state index contributed by atoms with van der Waals surface area (Å²) in [5.41, 5.74) is 1.99. The zero-order valence-electron chi connectivity index (χ0n) is 19.0. The van der Waals surface area contributed by atoms with Crippen molar-refractivity contribution in [1.82, 2.24) is 10.4 Å². The van der Waals surface area contributed by atoms with Gasteiger partial charge in [-0.05, 0) is 50.0 Å². The first kappa shape index (κ1) is 23.3. The first-order valence-corrected chi connectivity index (χ1v) is 10.8. The Hall–Kier alpha value is -2.84. The van der Waals surface area contributed by atoms with Gasteiger partial charge in [0, 0.05) is 30.4 Å². The SMILES string of the molecule is Cc1cc(C2=CN(CCC(=O)OC(C)(C)C)NC2)c2c(c1)C(O)(C(F)(F)F)c1ccccc1-2. The van der Waals surface area contributed by atoms with Gasteiger partial charge in [0.1, 0.15) is 5.60 Å². The molecule has 8 heteroatoms. The van der Waals surface area contributed by atoms with Crippen LogP contribution in [0.1, 0.15) is 49.4 Å². The second-order valence-electron chi connectivity index (χ2n) is 9.51. The molecule has 0 amide bonds. The molecule has 0 spiro atoms. The van der Waals surface area contributed by atoms with Crippen molar-refractivity contribution in [2.45, 2.75) is 51.5 Å². The van der Waals surface area contributed by atoms with E-state index in [1.165, 1.54) is 18.2 Å². The molecule has 0 radical (unpaired) electrons. The number of aryl methyl sites for hydroxylation is 1. The molecule has 2 N–H and O–H groups in total. The highest BCUT2D eigenvalue weighted by Crippen LogP contribution is 2.56. The van der Waals surface area contributed by atoms with Crippen LogP contribution in [0.25, 0.3) is 16.7 Å². The lowest BCUT2D eigenvalue weighted by molar-refractivity contribution is -0.246. The third kappa shape index (κ3) is 4.13. The molecule has 1 atom stereocenters. The number of hydrogen-bond acceptors (Lipinski definition) is 5. The summed E-state index contributed by atoms with van der Waals surface area (Å²) < 4.78 is 47.8. The van der Waals surface area contributed by atoms with Crippen LogP contribution >= 0.6 is 0 Å². The number of carbonyl (C=O) groups excluding carboxylic acids is 1. The fourth-order valence-corrected chi connectivity index (χ4v) is 4.46. The van der Waals surface area contributed by atoms with Crippen LogP contribution in [0.5, 0.6) is 0 Å². The zero-order chi connectivity index (χ0) is 24.2. The summed E-state index contributed by atoms with van der Waals surface area (Å²) in [6.45, 7) is 7.86. The third-order valence-electron chi connectivity index (χ3n) is 5.78. The van der Waals surface area contributed by atoms with Gasteiger partial charge in [0.05, 0.1) is 6.42 Å². The lowest BCUT2D eigenvalue weighted by Gasteiger charge is -2.28. The van der Waals surface area contributed by atoms with E-state index in [2.05, 4.69) is 5.43 Å². The van der Waals surface area contributed by atoms with E-state index in [4.69, 9.17) is 4.74 Å². The molecular formula is C25H27F3N2O3. The molecule has 0 saturated heterocycles. The molecule has 0 bridgehead atoms. The third-order valence-corrected chi connectivity index (χ3v) is 5.78. The summed E-state index contributed by atoms with van der Waals surface area (Å²) in [7, 11) is 0. The van der Waals surface area contributed by atoms with E-state index in [-0.39, 0.29) is 23.5 Å². The lowest BCUT2D eigenvalue weighted by atomic mass is 9.88. The van der Waals surface area contributed by atoms with E-state index in [0.717, 1.165) is 5.57 Å². The number of nitrogens with one attached hydrogen (secondary N) is 1. The van der Waals surface area contributed by atoms with Crippen molar-refractivity contribution < 1.29 is 27.8 Å². The van der Waals surface area contributed by atoms with Crippen LogP contribution < -0.4 is 5.43 Å². The number of carbonyl (C=O) groups is 1. The normalized spacial score (nSPS) is 19.9. The lowest BCUT2D eigenvalue weighted by Crippen LogP contribution is -2.41. The minimum atomic E-state index is -4.87. The van der Waals surface area contributed by atoms with Gasteiger partial charge >= 0.3 is 12.1 Å². The molecule has 0 aromatic heterocycles. The second-order valence-corrected chi connectivity index (χ2v) is 9.51. The number of alkyl halides is 3. The number of benzene rings is 2. The molecule has 0 fully saturated rings.